The van der Waals surface area contributed by atoms with Gasteiger partial charge in [0.1, 0.15) is 0 Å². The van der Waals surface area contributed by atoms with E-state index in [0.717, 1.165) is 58.3 Å². The van der Waals surface area contributed by atoms with E-state index in [2.05, 4.69) is 46.0 Å². The molecule has 5 nitrogen and oxygen atoms in total. The Morgan fingerprint density at radius 3 is 2.59 bits per heavy atom. The van der Waals surface area contributed by atoms with Gasteiger partial charge in [0.15, 0.2) is 5.96 Å². The molecule has 1 fully saturated rings. The first-order valence-electron chi connectivity index (χ1n) is 10.0. The summed E-state index contributed by atoms with van der Waals surface area (Å²) in [6.45, 7) is 5.22. The highest BCUT2D eigenvalue weighted by molar-refractivity contribution is 14.0. The summed E-state index contributed by atoms with van der Waals surface area (Å²) in [7, 11) is 1.82. The maximum Gasteiger partial charge on any atom is 0.190 e. The Morgan fingerprint density at radius 1 is 1.11 bits per heavy atom. The third kappa shape index (κ3) is 11.5. The van der Waals surface area contributed by atoms with Crippen molar-refractivity contribution in [3.8, 4) is 0 Å². The Kier molecular flexibility index (Phi) is 14.4. The maximum absolute atomic E-state index is 5.71. The number of hydrogen-bond acceptors (Lipinski definition) is 3. The number of aliphatic imine (C=N–C) groups is 1. The lowest BCUT2D eigenvalue weighted by molar-refractivity contribution is 0.0888. The predicted molar refractivity (Wildman–Crippen MR) is 123 cm³/mol. The molecule has 1 aliphatic rings. The number of halogens is 1. The number of nitrogens with one attached hydrogen (secondary N) is 2. The van der Waals surface area contributed by atoms with E-state index in [9.17, 15) is 0 Å². The van der Waals surface area contributed by atoms with E-state index in [-0.39, 0.29) is 24.0 Å². The minimum absolute atomic E-state index is 0. The van der Waals surface area contributed by atoms with Crippen molar-refractivity contribution in [2.75, 3.05) is 46.6 Å². The van der Waals surface area contributed by atoms with Crippen LogP contribution in [0.5, 0.6) is 0 Å². The normalized spacial score (nSPS) is 16.8. The molecule has 2 N–H and O–H groups in total. The van der Waals surface area contributed by atoms with E-state index in [1.54, 1.807) is 0 Å². The van der Waals surface area contributed by atoms with Crippen molar-refractivity contribution in [3.05, 3.63) is 35.9 Å². The molecule has 1 atom stereocenters. The van der Waals surface area contributed by atoms with Crippen LogP contribution in [0.3, 0.4) is 0 Å². The van der Waals surface area contributed by atoms with Gasteiger partial charge in [0.2, 0.25) is 0 Å². The molecule has 2 rings (SSSR count). The van der Waals surface area contributed by atoms with Gasteiger partial charge in [-0.25, -0.2) is 0 Å². The van der Waals surface area contributed by atoms with E-state index in [0.29, 0.717) is 5.92 Å². The lowest BCUT2D eigenvalue weighted by Gasteiger charge is -2.12. The van der Waals surface area contributed by atoms with E-state index in [1.165, 1.54) is 31.2 Å². The van der Waals surface area contributed by atoms with Gasteiger partial charge in [0, 0.05) is 39.3 Å². The van der Waals surface area contributed by atoms with Gasteiger partial charge in [0.05, 0.1) is 13.2 Å². The van der Waals surface area contributed by atoms with Crippen LogP contribution in [0.2, 0.25) is 0 Å². The molecule has 0 spiro atoms. The SMILES string of the molecule is CN=C(NCCCCCc1ccccc1)NCCCOCC1CCOC1.I. The topological polar surface area (TPSA) is 54.9 Å². The number of nitrogens with zero attached hydrogens (tertiary/aromatic N) is 1. The van der Waals surface area contributed by atoms with Crippen LogP contribution in [0, 0.1) is 5.92 Å². The molecule has 27 heavy (non-hydrogen) atoms. The Labute approximate surface area is 181 Å². The van der Waals surface area contributed by atoms with E-state index in [1.807, 2.05) is 7.05 Å². The summed E-state index contributed by atoms with van der Waals surface area (Å²) < 4.78 is 11.1. The van der Waals surface area contributed by atoms with Crippen LogP contribution in [-0.2, 0) is 15.9 Å². The molecule has 1 heterocycles. The number of hydrogen-bond donors (Lipinski definition) is 2. The zero-order chi connectivity index (χ0) is 18.3. The molecule has 0 amide bonds. The summed E-state index contributed by atoms with van der Waals surface area (Å²) in [5.41, 5.74) is 1.43. The highest BCUT2D eigenvalue weighted by Gasteiger charge is 2.15. The lowest BCUT2D eigenvalue weighted by Crippen LogP contribution is -2.38. The van der Waals surface area contributed by atoms with E-state index in [4.69, 9.17) is 9.47 Å². The van der Waals surface area contributed by atoms with Crippen molar-refractivity contribution in [1.82, 2.24) is 10.6 Å². The smallest absolute Gasteiger partial charge is 0.190 e. The van der Waals surface area contributed by atoms with Gasteiger partial charge < -0.3 is 20.1 Å². The second kappa shape index (κ2) is 16.1. The fourth-order valence-corrected chi connectivity index (χ4v) is 3.05. The average molecular weight is 489 g/mol. The van der Waals surface area contributed by atoms with Crippen LogP contribution in [0.1, 0.15) is 37.7 Å². The van der Waals surface area contributed by atoms with Crippen molar-refractivity contribution in [3.63, 3.8) is 0 Å². The van der Waals surface area contributed by atoms with Crippen molar-refractivity contribution < 1.29 is 9.47 Å². The highest BCUT2D eigenvalue weighted by Crippen LogP contribution is 2.12. The molecule has 1 aromatic rings. The standard InChI is InChI=1S/C21H35N3O2.HI/c1-22-21(24-14-8-15-25-17-20-12-16-26-18-20)23-13-7-3-6-11-19-9-4-2-5-10-19;/h2,4-5,9-10,20H,3,6-8,11-18H2,1H3,(H2,22,23,24);1H. The average Bonchev–Trinajstić information content (AvgIpc) is 3.19. The first-order valence-corrected chi connectivity index (χ1v) is 10.0. The van der Waals surface area contributed by atoms with Crippen molar-refractivity contribution in [2.24, 2.45) is 10.9 Å². The minimum atomic E-state index is 0. The molecular weight excluding hydrogens is 453 g/mol. The van der Waals surface area contributed by atoms with Gasteiger partial charge in [-0.2, -0.15) is 0 Å². The molecular formula is C21H36IN3O2. The number of rotatable bonds is 12. The molecule has 0 aromatic heterocycles. The predicted octanol–water partition coefficient (Wildman–Crippen LogP) is 3.63. The van der Waals surface area contributed by atoms with Crippen LogP contribution in [0.25, 0.3) is 0 Å². The van der Waals surface area contributed by atoms with E-state index >= 15 is 0 Å². The first-order chi connectivity index (χ1) is 12.9. The monoisotopic (exact) mass is 489 g/mol. The molecule has 0 saturated carbocycles. The van der Waals surface area contributed by atoms with Crippen LogP contribution >= 0.6 is 24.0 Å². The fraction of sp³-hybridized carbons (Fsp3) is 0.667. The summed E-state index contributed by atoms with van der Waals surface area (Å²) in [5.74, 6) is 1.48. The zero-order valence-corrected chi connectivity index (χ0v) is 19.0. The summed E-state index contributed by atoms with van der Waals surface area (Å²) in [6, 6.07) is 10.7. The molecule has 0 bridgehead atoms. The zero-order valence-electron chi connectivity index (χ0n) is 16.6. The van der Waals surface area contributed by atoms with Gasteiger partial charge in [-0.3, -0.25) is 4.99 Å². The summed E-state index contributed by atoms with van der Waals surface area (Å²) in [5, 5.41) is 6.73. The van der Waals surface area contributed by atoms with Gasteiger partial charge in [-0.1, -0.05) is 36.8 Å². The van der Waals surface area contributed by atoms with Gasteiger partial charge in [-0.05, 0) is 37.7 Å². The van der Waals surface area contributed by atoms with Crippen LogP contribution < -0.4 is 10.6 Å². The van der Waals surface area contributed by atoms with Crippen molar-refractivity contribution >= 4 is 29.9 Å². The summed E-state index contributed by atoms with van der Waals surface area (Å²) in [4.78, 5) is 4.27. The number of aryl methyl sites for hydroxylation is 1. The number of benzene rings is 1. The Morgan fingerprint density at radius 2 is 1.89 bits per heavy atom. The molecule has 1 unspecified atom stereocenters. The third-order valence-electron chi connectivity index (χ3n) is 4.64. The molecule has 1 saturated heterocycles. The number of ether oxygens (including phenoxy) is 2. The molecule has 1 aromatic carbocycles. The minimum Gasteiger partial charge on any atom is -0.381 e. The Balaban J connectivity index is 0.00000364. The fourth-order valence-electron chi connectivity index (χ4n) is 3.05. The largest absolute Gasteiger partial charge is 0.381 e. The van der Waals surface area contributed by atoms with Crippen LogP contribution in [0.15, 0.2) is 35.3 Å². The van der Waals surface area contributed by atoms with E-state index < -0.39 is 0 Å². The highest BCUT2D eigenvalue weighted by atomic mass is 127. The summed E-state index contributed by atoms with van der Waals surface area (Å²) in [6.07, 6.45) is 6.94. The van der Waals surface area contributed by atoms with Gasteiger partial charge in [-0.15, -0.1) is 24.0 Å². The second-order valence-electron chi connectivity index (χ2n) is 6.88. The maximum atomic E-state index is 5.71. The Hall–Kier alpha value is -0.860. The first kappa shape index (κ1) is 24.2. The number of guanidine groups is 1. The lowest BCUT2D eigenvalue weighted by atomic mass is 10.1. The molecule has 0 aliphatic carbocycles. The van der Waals surface area contributed by atoms with Gasteiger partial charge in [0.25, 0.3) is 0 Å². The van der Waals surface area contributed by atoms with Crippen LogP contribution in [0.4, 0.5) is 0 Å². The summed E-state index contributed by atoms with van der Waals surface area (Å²) >= 11 is 0. The van der Waals surface area contributed by atoms with Crippen molar-refractivity contribution in [1.29, 1.82) is 0 Å². The second-order valence-corrected chi connectivity index (χ2v) is 6.88. The molecule has 1 aliphatic heterocycles. The molecule has 154 valence electrons. The quantitative estimate of drug-likeness (QED) is 0.204. The molecule has 0 radical (unpaired) electrons. The van der Waals surface area contributed by atoms with Gasteiger partial charge >= 0.3 is 0 Å². The van der Waals surface area contributed by atoms with Crippen molar-refractivity contribution in [2.45, 2.75) is 38.5 Å². The van der Waals surface area contributed by atoms with Crippen LogP contribution in [-0.4, -0.2) is 52.5 Å². The molecule has 6 heteroatoms. The number of unbranched alkanes of at least 4 members (excludes halogenated alkanes) is 2. The Bertz CT molecular complexity index is 493. The third-order valence-corrected chi connectivity index (χ3v) is 4.64.